The average Bonchev–Trinajstić information content (AvgIpc) is 3.21. The molecule has 0 spiro atoms. The first-order chi connectivity index (χ1) is 16.6. The fourth-order valence-corrected chi connectivity index (χ4v) is 3.84. The van der Waals surface area contributed by atoms with Gasteiger partial charge in [-0.1, -0.05) is 23.2 Å². The van der Waals surface area contributed by atoms with E-state index in [4.69, 9.17) is 44.6 Å². The molecule has 0 aliphatic rings. The van der Waals surface area contributed by atoms with Gasteiger partial charge in [0.2, 0.25) is 5.89 Å². The van der Waals surface area contributed by atoms with Crippen molar-refractivity contribution in [1.29, 1.82) is 0 Å². The van der Waals surface area contributed by atoms with Crippen molar-refractivity contribution in [2.75, 3.05) is 11.9 Å². The number of hydrogen-bond acceptors (Lipinski definition) is 5. The molecule has 6 nitrogen and oxygen atoms in total. The number of halogens is 4. The third-order valence-electron chi connectivity index (χ3n) is 4.92. The zero-order chi connectivity index (χ0) is 25.3. The minimum Gasteiger partial charge on any atom is -0.484 e. The summed E-state index contributed by atoms with van der Waals surface area (Å²) < 4.78 is 38.1. The number of carbonyl (C=O) groups excluding carboxylic acids is 1. The molecule has 0 bridgehead atoms. The standard InChI is InChI=1S/C24H17Cl2F2N3O3S/c1-11-5-14(6-12(2)22(11)26)33-10-21(32)31-24(35)29-13-3-4-20-19(7-13)30-23(34-20)15-8-17(27)18(28)9-16(15)25/h3-9H,10H2,1-2H3,(H2,29,31,32,35). The van der Waals surface area contributed by atoms with Gasteiger partial charge in [0.25, 0.3) is 5.91 Å². The van der Waals surface area contributed by atoms with Crippen LogP contribution in [0.1, 0.15) is 11.1 Å². The highest BCUT2D eigenvalue weighted by molar-refractivity contribution is 7.80. The van der Waals surface area contributed by atoms with Gasteiger partial charge in [-0.15, -0.1) is 0 Å². The maximum atomic E-state index is 13.6. The van der Waals surface area contributed by atoms with Crippen LogP contribution in [-0.4, -0.2) is 22.6 Å². The molecule has 0 radical (unpaired) electrons. The number of carbonyl (C=O) groups is 1. The van der Waals surface area contributed by atoms with Gasteiger partial charge >= 0.3 is 0 Å². The number of anilines is 1. The summed E-state index contributed by atoms with van der Waals surface area (Å²) in [6, 6.07) is 10.1. The van der Waals surface area contributed by atoms with Gasteiger partial charge in [-0.3, -0.25) is 10.1 Å². The maximum Gasteiger partial charge on any atom is 0.264 e. The first-order valence-electron chi connectivity index (χ1n) is 10.2. The molecule has 4 rings (SSSR count). The Labute approximate surface area is 214 Å². The van der Waals surface area contributed by atoms with Crippen molar-refractivity contribution < 1.29 is 22.7 Å². The molecule has 4 aromatic rings. The summed E-state index contributed by atoms with van der Waals surface area (Å²) >= 11 is 17.3. The number of rotatable bonds is 5. The predicted molar refractivity (Wildman–Crippen MR) is 135 cm³/mol. The molecular weight excluding hydrogens is 519 g/mol. The summed E-state index contributed by atoms with van der Waals surface area (Å²) in [4.78, 5) is 16.5. The molecule has 2 N–H and O–H groups in total. The van der Waals surface area contributed by atoms with Gasteiger partial charge in [0.15, 0.2) is 28.9 Å². The van der Waals surface area contributed by atoms with E-state index in [1.54, 1.807) is 30.3 Å². The zero-order valence-electron chi connectivity index (χ0n) is 18.3. The van der Waals surface area contributed by atoms with Crippen LogP contribution in [-0.2, 0) is 4.79 Å². The van der Waals surface area contributed by atoms with Gasteiger partial charge in [-0.2, -0.15) is 0 Å². The first-order valence-corrected chi connectivity index (χ1v) is 11.3. The molecule has 0 aliphatic carbocycles. The van der Waals surface area contributed by atoms with Crippen LogP contribution in [0.4, 0.5) is 14.5 Å². The molecule has 11 heteroatoms. The lowest BCUT2D eigenvalue weighted by molar-refractivity contribution is -0.121. The monoisotopic (exact) mass is 535 g/mol. The number of fused-ring (bicyclic) bond motifs is 1. The number of thiocarbonyl (C=S) groups is 1. The number of benzene rings is 3. The third kappa shape index (κ3) is 5.70. The fourth-order valence-electron chi connectivity index (χ4n) is 3.27. The molecular formula is C24H17Cl2F2N3O3S. The topological polar surface area (TPSA) is 76.4 Å². The van der Waals surface area contributed by atoms with Crippen molar-refractivity contribution in [3.05, 3.63) is 75.3 Å². The minimum absolute atomic E-state index is 0.0294. The number of amides is 1. The number of aromatic nitrogens is 1. The highest BCUT2D eigenvalue weighted by Crippen LogP contribution is 2.32. The van der Waals surface area contributed by atoms with Crippen LogP contribution in [0.2, 0.25) is 10.0 Å². The van der Waals surface area contributed by atoms with Crippen molar-refractivity contribution in [1.82, 2.24) is 10.3 Å². The van der Waals surface area contributed by atoms with Crippen LogP contribution in [0, 0.1) is 25.5 Å². The average molecular weight is 536 g/mol. The minimum atomic E-state index is -1.07. The Balaban J connectivity index is 1.40. The molecule has 35 heavy (non-hydrogen) atoms. The number of oxazole rings is 1. The molecule has 0 unspecified atom stereocenters. The molecule has 0 saturated heterocycles. The van der Waals surface area contributed by atoms with Crippen molar-refractivity contribution in [3.8, 4) is 17.2 Å². The highest BCUT2D eigenvalue weighted by Gasteiger charge is 2.16. The van der Waals surface area contributed by atoms with Gasteiger partial charge in [-0.05, 0) is 79.7 Å². The Morgan fingerprint density at radius 1 is 1.09 bits per heavy atom. The largest absolute Gasteiger partial charge is 0.484 e. The van der Waals surface area contributed by atoms with Crippen LogP contribution < -0.4 is 15.4 Å². The fraction of sp³-hybridized carbons (Fsp3) is 0.125. The van der Waals surface area contributed by atoms with Crippen LogP contribution in [0.15, 0.2) is 46.9 Å². The molecule has 1 amide bonds. The van der Waals surface area contributed by atoms with Crippen molar-refractivity contribution in [2.45, 2.75) is 13.8 Å². The van der Waals surface area contributed by atoms with Gasteiger partial charge in [0.1, 0.15) is 11.3 Å². The summed E-state index contributed by atoms with van der Waals surface area (Å²) in [5, 5.41) is 6.07. The second-order valence-corrected chi connectivity index (χ2v) is 8.80. The van der Waals surface area contributed by atoms with Gasteiger partial charge in [0.05, 0.1) is 10.6 Å². The molecule has 1 aromatic heterocycles. The van der Waals surface area contributed by atoms with E-state index in [2.05, 4.69) is 15.6 Å². The number of nitrogens with one attached hydrogen (secondary N) is 2. The van der Waals surface area contributed by atoms with Gasteiger partial charge < -0.3 is 14.5 Å². The normalized spacial score (nSPS) is 10.9. The Morgan fingerprint density at radius 3 is 2.49 bits per heavy atom. The Hall–Kier alpha value is -3.27. The maximum absolute atomic E-state index is 13.6. The van der Waals surface area contributed by atoms with Crippen LogP contribution in [0.3, 0.4) is 0 Å². The highest BCUT2D eigenvalue weighted by atomic mass is 35.5. The molecule has 180 valence electrons. The molecule has 0 aliphatic heterocycles. The quantitative estimate of drug-likeness (QED) is 0.222. The second kappa shape index (κ2) is 10.2. The lowest BCUT2D eigenvalue weighted by Crippen LogP contribution is -2.37. The van der Waals surface area contributed by atoms with Gasteiger partial charge in [-0.25, -0.2) is 13.8 Å². The predicted octanol–water partition coefficient (Wildman–Crippen LogP) is 6.59. The molecule has 0 saturated carbocycles. The molecule has 1 heterocycles. The van der Waals surface area contributed by atoms with Crippen molar-refractivity contribution in [2.24, 2.45) is 0 Å². The van der Waals surface area contributed by atoms with E-state index in [1.807, 2.05) is 13.8 Å². The molecule has 3 aromatic carbocycles. The lowest BCUT2D eigenvalue weighted by Gasteiger charge is -2.12. The van der Waals surface area contributed by atoms with E-state index < -0.39 is 17.5 Å². The number of aryl methyl sites for hydroxylation is 2. The summed E-state index contributed by atoms with van der Waals surface area (Å²) in [6.45, 7) is 3.45. The smallest absolute Gasteiger partial charge is 0.264 e. The third-order valence-corrected chi connectivity index (χ3v) is 6.03. The van der Waals surface area contributed by atoms with E-state index in [9.17, 15) is 13.6 Å². The van der Waals surface area contributed by atoms with Crippen LogP contribution >= 0.6 is 35.4 Å². The molecule has 0 fully saturated rings. The molecule has 0 atom stereocenters. The van der Waals surface area contributed by atoms with Gasteiger partial charge in [0, 0.05) is 10.7 Å². The van der Waals surface area contributed by atoms with Crippen molar-refractivity contribution >= 4 is 63.2 Å². The number of ether oxygens (including phenoxy) is 1. The zero-order valence-corrected chi connectivity index (χ0v) is 20.7. The number of hydrogen-bond donors (Lipinski definition) is 2. The summed E-state index contributed by atoms with van der Waals surface area (Å²) in [7, 11) is 0. The van der Waals surface area contributed by atoms with Crippen molar-refractivity contribution in [3.63, 3.8) is 0 Å². The van der Waals surface area contributed by atoms with E-state index >= 15 is 0 Å². The number of nitrogens with zero attached hydrogens (tertiary/aromatic N) is 1. The van der Waals surface area contributed by atoms with Crippen LogP contribution in [0.5, 0.6) is 5.75 Å². The van der Waals surface area contributed by atoms with E-state index in [0.29, 0.717) is 27.6 Å². The second-order valence-electron chi connectivity index (χ2n) is 7.61. The SMILES string of the molecule is Cc1cc(OCC(=O)NC(=S)Nc2ccc3oc(-c4cc(F)c(F)cc4Cl)nc3c2)cc(C)c1Cl. The summed E-state index contributed by atoms with van der Waals surface area (Å²) in [6.07, 6.45) is 0. The Morgan fingerprint density at radius 2 is 1.77 bits per heavy atom. The van der Waals surface area contributed by atoms with Crippen LogP contribution in [0.25, 0.3) is 22.6 Å². The summed E-state index contributed by atoms with van der Waals surface area (Å²) in [5.41, 5.74) is 3.13. The van der Waals surface area contributed by atoms with E-state index in [-0.39, 0.29) is 28.2 Å². The summed E-state index contributed by atoms with van der Waals surface area (Å²) in [5.74, 6) is -2.04. The lowest BCUT2D eigenvalue weighted by atomic mass is 10.1. The Kier molecular flexibility index (Phi) is 7.20. The Bertz CT molecular complexity index is 1450. The first kappa shape index (κ1) is 24.8. The van der Waals surface area contributed by atoms with E-state index in [1.165, 1.54) is 0 Å². The van der Waals surface area contributed by atoms with E-state index in [0.717, 1.165) is 23.3 Å².